The Kier molecular flexibility index (Phi) is 4.12. The number of fused-ring (bicyclic) bond motifs is 1. The van der Waals surface area contributed by atoms with Crippen molar-refractivity contribution in [2.75, 3.05) is 5.73 Å². The summed E-state index contributed by atoms with van der Waals surface area (Å²) in [6.45, 7) is 0. The summed E-state index contributed by atoms with van der Waals surface area (Å²) in [5, 5.41) is 11.8. The quantitative estimate of drug-likeness (QED) is 0.786. The van der Waals surface area contributed by atoms with Crippen LogP contribution in [0.3, 0.4) is 0 Å². The summed E-state index contributed by atoms with van der Waals surface area (Å²) < 4.78 is 0. The number of carbonyl (C=O) groups excluding carboxylic acids is 1. The zero-order valence-corrected chi connectivity index (χ0v) is 13.2. The molecule has 0 bridgehead atoms. The van der Waals surface area contributed by atoms with Crippen LogP contribution in [-0.2, 0) is 17.6 Å². The topological polar surface area (TPSA) is 92.7 Å². The Balaban J connectivity index is 1.44. The smallest absolute Gasteiger partial charge is 0.220 e. The van der Waals surface area contributed by atoms with Gasteiger partial charge in [0.15, 0.2) is 10.8 Å². The van der Waals surface area contributed by atoms with Crippen molar-refractivity contribution in [2.45, 2.75) is 56.7 Å². The van der Waals surface area contributed by atoms with Crippen molar-refractivity contribution in [3.63, 3.8) is 0 Å². The summed E-state index contributed by atoms with van der Waals surface area (Å²) >= 11 is 1.52. The maximum Gasteiger partial charge on any atom is 0.220 e. The Morgan fingerprint density at radius 3 is 3.05 bits per heavy atom. The van der Waals surface area contributed by atoms with E-state index in [1.807, 2.05) is 0 Å². The number of nitrogen functional groups attached to an aromatic ring is 1. The lowest BCUT2D eigenvalue weighted by Gasteiger charge is -2.22. The molecule has 0 fully saturated rings. The molecule has 116 valence electrons. The predicted molar refractivity (Wildman–Crippen MR) is 85.4 cm³/mol. The van der Waals surface area contributed by atoms with Gasteiger partial charge in [-0.05, 0) is 12.8 Å². The van der Waals surface area contributed by atoms with Gasteiger partial charge in [0.1, 0.15) is 0 Å². The molecule has 0 spiro atoms. The predicted octanol–water partition coefficient (Wildman–Crippen LogP) is 2.05. The highest BCUT2D eigenvalue weighted by molar-refractivity contribution is 7.15. The fraction of sp³-hybridized carbons (Fsp3) is 0.600. The van der Waals surface area contributed by atoms with E-state index in [4.69, 9.17) is 12.2 Å². The monoisotopic (exact) mass is 317 g/mol. The van der Waals surface area contributed by atoms with Gasteiger partial charge in [-0.2, -0.15) is 10.2 Å². The molecule has 1 atom stereocenters. The third-order valence-corrected chi connectivity index (χ3v) is 5.08. The van der Waals surface area contributed by atoms with Crippen molar-refractivity contribution in [2.24, 2.45) is 10.2 Å². The molecule has 6 nitrogen and oxygen atoms in total. The lowest BCUT2D eigenvalue weighted by Crippen LogP contribution is -2.38. The van der Waals surface area contributed by atoms with Gasteiger partial charge >= 0.3 is 0 Å². The minimum Gasteiger partial charge on any atom is -0.375 e. The zero-order chi connectivity index (χ0) is 15.6. The first-order chi connectivity index (χ1) is 10.6. The van der Waals surface area contributed by atoms with Crippen LogP contribution in [0.25, 0.3) is 0 Å². The maximum absolute atomic E-state index is 12.1. The van der Waals surface area contributed by atoms with Gasteiger partial charge < -0.3 is 11.1 Å². The summed E-state index contributed by atoms with van der Waals surface area (Å²) in [4.78, 5) is 17.6. The van der Waals surface area contributed by atoms with Gasteiger partial charge in [0, 0.05) is 43.0 Å². The fourth-order valence-electron chi connectivity index (χ4n) is 2.80. The Morgan fingerprint density at radius 1 is 1.50 bits per heavy atom. The lowest BCUT2D eigenvalue weighted by molar-refractivity contribution is -0.122. The maximum atomic E-state index is 12.1. The molecular formula is C15H19N5OS. The Hall–Kier alpha value is -1.94. The molecule has 0 radical (unpaired) electrons. The van der Waals surface area contributed by atoms with Gasteiger partial charge in [0.25, 0.3) is 0 Å². The number of nitrogens with two attached hydrogens (primary N) is 1. The van der Waals surface area contributed by atoms with Crippen molar-refractivity contribution in [1.29, 1.82) is 0 Å². The number of nitrogens with one attached hydrogen (secondary N) is 1. The van der Waals surface area contributed by atoms with E-state index in [-0.39, 0.29) is 17.6 Å². The lowest BCUT2D eigenvalue weighted by atomic mass is 9.97. The van der Waals surface area contributed by atoms with E-state index in [0.717, 1.165) is 31.4 Å². The Morgan fingerprint density at radius 2 is 2.32 bits per heavy atom. The molecule has 2 heterocycles. The summed E-state index contributed by atoms with van der Waals surface area (Å²) in [5.41, 5.74) is 6.45. The second-order valence-corrected chi connectivity index (χ2v) is 6.93. The molecule has 2 aliphatic rings. The molecule has 1 aromatic heterocycles. The minimum absolute atomic E-state index is 0.0586. The summed E-state index contributed by atoms with van der Waals surface area (Å²) in [5.74, 6) is 2.65. The van der Waals surface area contributed by atoms with E-state index < -0.39 is 0 Å². The normalized spacial score (nSPS) is 21.0. The Labute approximate surface area is 133 Å². The molecule has 1 aromatic rings. The van der Waals surface area contributed by atoms with E-state index in [2.05, 4.69) is 26.4 Å². The molecular weight excluding hydrogens is 298 g/mol. The van der Waals surface area contributed by atoms with E-state index in [9.17, 15) is 4.79 Å². The highest BCUT2D eigenvalue weighted by Gasteiger charge is 2.39. The Bertz CT molecular complexity index is 639. The SMILES string of the molecule is C#CCCC1(CCC(=O)N[C@@H]2CCc3nc(N)sc3C2)N=N1. The van der Waals surface area contributed by atoms with Crippen LogP contribution < -0.4 is 11.1 Å². The van der Waals surface area contributed by atoms with E-state index in [1.54, 1.807) is 0 Å². The molecule has 1 amide bonds. The van der Waals surface area contributed by atoms with Crippen LogP contribution >= 0.6 is 11.3 Å². The second kappa shape index (κ2) is 6.05. The van der Waals surface area contributed by atoms with Crippen LogP contribution in [0.5, 0.6) is 0 Å². The van der Waals surface area contributed by atoms with Crippen LogP contribution in [0.1, 0.15) is 42.7 Å². The average molecular weight is 317 g/mol. The number of amides is 1. The fourth-order valence-corrected chi connectivity index (χ4v) is 3.76. The number of nitrogens with zero attached hydrogens (tertiary/aromatic N) is 3. The van der Waals surface area contributed by atoms with Crippen molar-refractivity contribution >= 4 is 22.4 Å². The molecule has 1 aliphatic carbocycles. The molecule has 7 heteroatoms. The standard InChI is InChI=1S/C15H19N5OS/c1-2-3-7-15(19-20-15)8-6-13(21)17-10-4-5-11-12(9-10)22-14(16)18-11/h1,10H,3-9H2,(H2,16,18)(H,17,21)/t10-/m1/s1. The van der Waals surface area contributed by atoms with E-state index in [1.165, 1.54) is 16.2 Å². The first-order valence-electron chi connectivity index (χ1n) is 7.51. The van der Waals surface area contributed by atoms with Crippen LogP contribution in [-0.4, -0.2) is 22.6 Å². The van der Waals surface area contributed by atoms with Crippen LogP contribution in [0, 0.1) is 12.3 Å². The van der Waals surface area contributed by atoms with Gasteiger partial charge in [-0.25, -0.2) is 4.98 Å². The van der Waals surface area contributed by atoms with Crippen LogP contribution in [0.2, 0.25) is 0 Å². The average Bonchev–Trinajstić information content (AvgIpc) is 3.17. The molecule has 3 N–H and O–H groups in total. The van der Waals surface area contributed by atoms with Gasteiger partial charge in [0.05, 0.1) is 5.69 Å². The highest BCUT2D eigenvalue weighted by atomic mass is 32.1. The molecule has 0 saturated carbocycles. The first kappa shape index (κ1) is 15.0. The number of rotatable bonds is 6. The minimum atomic E-state index is -0.379. The van der Waals surface area contributed by atoms with Gasteiger partial charge in [-0.3, -0.25) is 4.79 Å². The van der Waals surface area contributed by atoms with Crippen molar-refractivity contribution in [3.05, 3.63) is 10.6 Å². The summed E-state index contributed by atoms with van der Waals surface area (Å²) in [7, 11) is 0. The summed E-state index contributed by atoms with van der Waals surface area (Å²) in [6.07, 6.45) is 10.3. The number of aromatic nitrogens is 1. The van der Waals surface area contributed by atoms with Crippen molar-refractivity contribution < 1.29 is 4.79 Å². The third kappa shape index (κ3) is 3.45. The van der Waals surface area contributed by atoms with Gasteiger partial charge in [0.2, 0.25) is 5.91 Å². The van der Waals surface area contributed by atoms with Crippen LogP contribution in [0.15, 0.2) is 10.2 Å². The molecule has 22 heavy (non-hydrogen) atoms. The zero-order valence-electron chi connectivity index (χ0n) is 12.3. The highest BCUT2D eigenvalue weighted by Crippen LogP contribution is 2.37. The van der Waals surface area contributed by atoms with E-state index >= 15 is 0 Å². The van der Waals surface area contributed by atoms with Crippen molar-refractivity contribution in [1.82, 2.24) is 10.3 Å². The van der Waals surface area contributed by atoms with Crippen molar-refractivity contribution in [3.8, 4) is 12.3 Å². The first-order valence-corrected chi connectivity index (χ1v) is 8.33. The third-order valence-electron chi connectivity index (χ3n) is 4.13. The van der Waals surface area contributed by atoms with Gasteiger partial charge in [-0.15, -0.1) is 23.7 Å². The number of anilines is 1. The number of hydrogen-bond donors (Lipinski definition) is 2. The molecule has 0 unspecified atom stereocenters. The second-order valence-electron chi connectivity index (χ2n) is 5.82. The van der Waals surface area contributed by atoms with E-state index in [0.29, 0.717) is 24.4 Å². The molecule has 3 rings (SSSR count). The number of hydrogen-bond acceptors (Lipinski definition) is 6. The number of aryl methyl sites for hydroxylation is 1. The largest absolute Gasteiger partial charge is 0.375 e. The molecule has 0 saturated heterocycles. The number of thiazole rings is 1. The van der Waals surface area contributed by atoms with Crippen LogP contribution in [0.4, 0.5) is 5.13 Å². The molecule has 1 aliphatic heterocycles. The summed E-state index contributed by atoms with van der Waals surface area (Å²) in [6, 6.07) is 0.176. The number of terminal acetylenes is 1. The van der Waals surface area contributed by atoms with Gasteiger partial charge in [-0.1, -0.05) is 0 Å². The molecule has 0 aromatic carbocycles. The number of carbonyl (C=O) groups is 1.